The molecule has 0 saturated heterocycles. The molecule has 0 saturated carbocycles. The molecular formula is C21H19N7O3. The number of aryl methyl sites for hydroxylation is 1. The number of methoxy groups -OCH3 is 2. The summed E-state index contributed by atoms with van der Waals surface area (Å²) in [5.74, 6) is 1.52. The molecule has 2 aromatic heterocycles. The molecule has 10 heteroatoms. The summed E-state index contributed by atoms with van der Waals surface area (Å²) in [6.45, 7) is 2.01. The molecule has 31 heavy (non-hydrogen) atoms. The van der Waals surface area contributed by atoms with E-state index in [4.69, 9.17) is 9.47 Å². The van der Waals surface area contributed by atoms with E-state index in [1.807, 2.05) is 49.4 Å². The smallest absolute Gasteiger partial charge is 0.288 e. The summed E-state index contributed by atoms with van der Waals surface area (Å²) in [5.41, 5.74) is 4.09. The fraction of sp³-hybridized carbons (Fsp3) is 0.190. The van der Waals surface area contributed by atoms with Crippen LogP contribution in [0.2, 0.25) is 0 Å². The van der Waals surface area contributed by atoms with E-state index in [9.17, 15) is 4.79 Å². The molecule has 0 spiro atoms. The van der Waals surface area contributed by atoms with Crippen molar-refractivity contribution in [3.8, 4) is 22.8 Å². The van der Waals surface area contributed by atoms with Gasteiger partial charge in [0, 0.05) is 11.1 Å². The van der Waals surface area contributed by atoms with E-state index >= 15 is 0 Å². The number of tetrazole rings is 1. The Morgan fingerprint density at radius 1 is 1.03 bits per heavy atom. The summed E-state index contributed by atoms with van der Waals surface area (Å²) in [4.78, 5) is 12.7. The summed E-state index contributed by atoms with van der Waals surface area (Å²) in [6, 6.07) is 13.0. The molecule has 156 valence electrons. The Hall–Kier alpha value is -4.21. The third kappa shape index (κ3) is 3.00. The number of hydrogen-bond acceptors (Lipinski definition) is 8. The normalized spacial score (nSPS) is 14.4. The molecule has 10 nitrogen and oxygen atoms in total. The van der Waals surface area contributed by atoms with Crippen LogP contribution in [0.25, 0.3) is 11.3 Å². The molecule has 5 rings (SSSR count). The molecule has 1 aliphatic heterocycles. The predicted octanol–water partition coefficient (Wildman–Crippen LogP) is 2.44. The second-order valence-electron chi connectivity index (χ2n) is 7.15. The average molecular weight is 417 g/mol. The van der Waals surface area contributed by atoms with E-state index in [0.717, 1.165) is 16.7 Å². The van der Waals surface area contributed by atoms with Crippen molar-refractivity contribution in [1.29, 1.82) is 0 Å². The number of benzene rings is 2. The standard InChI is InChI=1S/C21H19N7O3/c1-11-4-6-12(7-5-11)17-16-18(20(29)24-23-17)22-21-25-26-27-28(21)19(16)13-8-9-14(30-2)15(10-13)31-3/h4-10,19H,1-3H3,(H,24,29)(H,22,25,27)/t19-/m0/s1. The van der Waals surface area contributed by atoms with E-state index in [1.54, 1.807) is 18.9 Å². The van der Waals surface area contributed by atoms with Crippen LogP contribution in [0.5, 0.6) is 11.5 Å². The molecule has 0 radical (unpaired) electrons. The quantitative estimate of drug-likeness (QED) is 0.458. The Morgan fingerprint density at radius 2 is 1.81 bits per heavy atom. The molecule has 3 heterocycles. The predicted molar refractivity (Wildman–Crippen MR) is 113 cm³/mol. The second kappa shape index (κ2) is 7.24. The summed E-state index contributed by atoms with van der Waals surface area (Å²) in [6.07, 6.45) is 0. The number of fused-ring (bicyclic) bond motifs is 2. The largest absolute Gasteiger partial charge is 0.493 e. The number of hydrogen-bond donors (Lipinski definition) is 2. The zero-order valence-corrected chi connectivity index (χ0v) is 17.1. The van der Waals surface area contributed by atoms with Gasteiger partial charge in [0.2, 0.25) is 5.95 Å². The Bertz CT molecular complexity index is 1330. The number of ether oxygens (including phenoxy) is 2. The van der Waals surface area contributed by atoms with Crippen molar-refractivity contribution < 1.29 is 9.47 Å². The summed E-state index contributed by atoms with van der Waals surface area (Å²) in [5, 5.41) is 22.0. The first-order valence-electron chi connectivity index (χ1n) is 9.57. The fourth-order valence-corrected chi connectivity index (χ4v) is 3.80. The highest BCUT2D eigenvalue weighted by Gasteiger charge is 2.34. The van der Waals surface area contributed by atoms with Crippen LogP contribution in [0.15, 0.2) is 47.3 Å². The van der Waals surface area contributed by atoms with Gasteiger partial charge in [-0.25, -0.2) is 5.10 Å². The van der Waals surface area contributed by atoms with Crippen LogP contribution >= 0.6 is 0 Å². The number of aromatic nitrogens is 6. The molecule has 0 aliphatic carbocycles. The van der Waals surface area contributed by atoms with Crippen molar-refractivity contribution in [2.45, 2.75) is 13.0 Å². The first kappa shape index (κ1) is 18.8. The lowest BCUT2D eigenvalue weighted by molar-refractivity contribution is 0.354. The van der Waals surface area contributed by atoms with Gasteiger partial charge >= 0.3 is 0 Å². The van der Waals surface area contributed by atoms with Gasteiger partial charge < -0.3 is 14.8 Å². The van der Waals surface area contributed by atoms with E-state index in [-0.39, 0.29) is 5.56 Å². The Labute approximate surface area is 176 Å². The van der Waals surface area contributed by atoms with E-state index in [0.29, 0.717) is 34.4 Å². The van der Waals surface area contributed by atoms with Crippen molar-refractivity contribution in [3.05, 3.63) is 69.5 Å². The van der Waals surface area contributed by atoms with Crippen LogP contribution in [0.1, 0.15) is 22.7 Å². The highest BCUT2D eigenvalue weighted by Crippen LogP contribution is 2.42. The lowest BCUT2D eigenvalue weighted by atomic mass is 9.92. The van der Waals surface area contributed by atoms with Crippen molar-refractivity contribution in [1.82, 2.24) is 30.4 Å². The maximum atomic E-state index is 12.7. The molecule has 2 aromatic carbocycles. The van der Waals surface area contributed by atoms with Gasteiger partial charge in [-0.3, -0.25) is 4.79 Å². The van der Waals surface area contributed by atoms with Gasteiger partial charge in [0.15, 0.2) is 11.5 Å². The molecule has 1 aliphatic rings. The first-order valence-corrected chi connectivity index (χ1v) is 9.57. The van der Waals surface area contributed by atoms with Crippen molar-refractivity contribution >= 4 is 11.6 Å². The van der Waals surface area contributed by atoms with Crippen molar-refractivity contribution in [2.24, 2.45) is 0 Å². The molecule has 0 amide bonds. The number of nitrogens with one attached hydrogen (secondary N) is 2. The minimum Gasteiger partial charge on any atom is -0.493 e. The molecule has 1 atom stereocenters. The zero-order chi connectivity index (χ0) is 21.5. The Morgan fingerprint density at radius 3 is 2.55 bits per heavy atom. The van der Waals surface area contributed by atoms with Gasteiger partial charge in [-0.15, -0.1) is 0 Å². The molecule has 0 unspecified atom stereocenters. The fourth-order valence-electron chi connectivity index (χ4n) is 3.80. The lowest BCUT2D eigenvalue weighted by Gasteiger charge is -2.28. The summed E-state index contributed by atoms with van der Waals surface area (Å²) >= 11 is 0. The third-order valence-corrected chi connectivity index (χ3v) is 5.32. The molecule has 0 bridgehead atoms. The minimum atomic E-state index is -0.507. The van der Waals surface area contributed by atoms with Gasteiger partial charge in [-0.2, -0.15) is 9.78 Å². The number of rotatable bonds is 4. The van der Waals surface area contributed by atoms with E-state index < -0.39 is 6.04 Å². The van der Waals surface area contributed by atoms with Gasteiger partial charge in [-0.05, 0) is 35.0 Å². The Kier molecular flexibility index (Phi) is 4.39. The maximum absolute atomic E-state index is 12.7. The van der Waals surface area contributed by atoms with Gasteiger partial charge in [0.05, 0.1) is 19.9 Å². The summed E-state index contributed by atoms with van der Waals surface area (Å²) in [7, 11) is 3.15. The molecule has 0 fully saturated rings. The van der Waals surface area contributed by atoms with Gasteiger partial charge in [-0.1, -0.05) is 41.0 Å². The van der Waals surface area contributed by atoms with Crippen molar-refractivity contribution in [2.75, 3.05) is 19.5 Å². The van der Waals surface area contributed by atoms with Crippen LogP contribution in [-0.2, 0) is 0 Å². The summed E-state index contributed by atoms with van der Waals surface area (Å²) < 4.78 is 12.5. The minimum absolute atomic E-state index is 0.354. The van der Waals surface area contributed by atoms with Gasteiger partial charge in [0.25, 0.3) is 5.56 Å². The third-order valence-electron chi connectivity index (χ3n) is 5.32. The van der Waals surface area contributed by atoms with E-state index in [2.05, 4.69) is 31.0 Å². The number of anilines is 2. The number of nitrogens with zero attached hydrogens (tertiary/aromatic N) is 5. The lowest BCUT2D eigenvalue weighted by Crippen LogP contribution is -2.29. The van der Waals surface area contributed by atoms with Crippen LogP contribution in [0.4, 0.5) is 11.6 Å². The highest BCUT2D eigenvalue weighted by atomic mass is 16.5. The molecule has 2 N–H and O–H groups in total. The highest BCUT2D eigenvalue weighted by molar-refractivity contribution is 5.75. The number of H-pyrrole nitrogens is 1. The first-order chi connectivity index (χ1) is 15.1. The zero-order valence-electron chi connectivity index (χ0n) is 17.1. The van der Waals surface area contributed by atoms with Crippen LogP contribution in [0, 0.1) is 6.92 Å². The maximum Gasteiger partial charge on any atom is 0.288 e. The second-order valence-corrected chi connectivity index (χ2v) is 7.15. The topological polar surface area (TPSA) is 120 Å². The van der Waals surface area contributed by atoms with Crippen molar-refractivity contribution in [3.63, 3.8) is 0 Å². The Balaban J connectivity index is 1.79. The molecular weight excluding hydrogens is 398 g/mol. The average Bonchev–Trinajstić information content (AvgIpc) is 3.27. The van der Waals surface area contributed by atoms with E-state index in [1.165, 1.54) is 0 Å². The van der Waals surface area contributed by atoms with Crippen LogP contribution < -0.4 is 20.3 Å². The van der Waals surface area contributed by atoms with Gasteiger partial charge in [0.1, 0.15) is 11.7 Å². The van der Waals surface area contributed by atoms with Crippen LogP contribution in [-0.4, -0.2) is 44.6 Å². The number of aromatic amines is 1. The molecule has 4 aromatic rings. The van der Waals surface area contributed by atoms with Crippen LogP contribution in [0.3, 0.4) is 0 Å². The monoisotopic (exact) mass is 417 g/mol. The SMILES string of the molecule is COc1ccc([C@H]2c3c(-c4ccc(C)cc4)n[nH]c(=O)c3Nc3nnnn32)cc1OC.